The maximum atomic E-state index is 9.72. The van der Waals surface area contributed by atoms with E-state index in [2.05, 4.69) is 0 Å². The predicted octanol–water partition coefficient (Wildman–Crippen LogP) is 1.21. The number of rotatable bonds is 4. The van der Waals surface area contributed by atoms with Gasteiger partial charge in [0.2, 0.25) is 0 Å². The van der Waals surface area contributed by atoms with Crippen LogP contribution >= 0.6 is 0 Å². The summed E-state index contributed by atoms with van der Waals surface area (Å²) in [7, 11) is 0. The lowest BCUT2D eigenvalue weighted by Gasteiger charge is -2.30. The van der Waals surface area contributed by atoms with Gasteiger partial charge in [-0.25, -0.2) is 0 Å². The topological polar surface area (TPSA) is 43.7 Å². The molecule has 0 spiro atoms. The van der Waals surface area contributed by atoms with E-state index in [9.17, 15) is 10.2 Å². The van der Waals surface area contributed by atoms with Gasteiger partial charge < -0.3 is 15.1 Å². The Hall–Kier alpha value is -1.06. The van der Waals surface area contributed by atoms with Crippen LogP contribution in [0.3, 0.4) is 0 Å². The highest BCUT2D eigenvalue weighted by Gasteiger charge is 2.18. The smallest absolute Gasteiger partial charge is 0.152 e. The average Bonchev–Trinajstić information content (AvgIpc) is 2.20. The predicted molar refractivity (Wildman–Crippen MR) is 57.1 cm³/mol. The van der Waals surface area contributed by atoms with Crippen molar-refractivity contribution in [2.45, 2.75) is 26.2 Å². The van der Waals surface area contributed by atoms with Crippen molar-refractivity contribution in [2.75, 3.05) is 11.4 Å². The Morgan fingerprint density at radius 1 is 1.21 bits per heavy atom. The highest BCUT2D eigenvalue weighted by atomic mass is 16.3. The normalized spacial score (nSPS) is 14.9. The third-order valence-corrected chi connectivity index (χ3v) is 2.18. The van der Waals surface area contributed by atoms with Crippen LogP contribution in [0.4, 0.5) is 5.69 Å². The molecule has 0 aromatic heterocycles. The van der Waals surface area contributed by atoms with Gasteiger partial charge in [-0.05, 0) is 26.0 Å². The van der Waals surface area contributed by atoms with Crippen LogP contribution < -0.4 is 4.90 Å². The summed E-state index contributed by atoms with van der Waals surface area (Å²) < 4.78 is 0. The van der Waals surface area contributed by atoms with Crippen LogP contribution in [0.15, 0.2) is 30.3 Å². The third kappa shape index (κ3) is 2.47. The molecule has 0 heterocycles. The summed E-state index contributed by atoms with van der Waals surface area (Å²) >= 11 is 0. The Morgan fingerprint density at radius 3 is 2.21 bits per heavy atom. The highest BCUT2D eigenvalue weighted by Crippen LogP contribution is 2.16. The first-order chi connectivity index (χ1) is 6.66. The molecule has 0 saturated carbocycles. The van der Waals surface area contributed by atoms with Crippen LogP contribution in [0.2, 0.25) is 0 Å². The van der Waals surface area contributed by atoms with Crippen molar-refractivity contribution in [3.8, 4) is 0 Å². The highest BCUT2D eigenvalue weighted by molar-refractivity contribution is 5.46. The van der Waals surface area contributed by atoms with Gasteiger partial charge in [0.05, 0.1) is 6.10 Å². The van der Waals surface area contributed by atoms with Crippen molar-refractivity contribution >= 4 is 5.69 Å². The van der Waals surface area contributed by atoms with E-state index in [0.717, 1.165) is 5.69 Å². The van der Waals surface area contributed by atoms with E-state index in [-0.39, 0.29) is 0 Å². The van der Waals surface area contributed by atoms with Crippen molar-refractivity contribution in [2.24, 2.45) is 0 Å². The molecule has 2 unspecified atom stereocenters. The van der Waals surface area contributed by atoms with Gasteiger partial charge in [0.1, 0.15) is 0 Å². The number of hydrogen-bond donors (Lipinski definition) is 2. The minimum absolute atomic E-state index is 0.663. The van der Waals surface area contributed by atoms with Gasteiger partial charge in [-0.3, -0.25) is 0 Å². The fraction of sp³-hybridized carbons (Fsp3) is 0.455. The minimum Gasteiger partial charge on any atom is -0.389 e. The van der Waals surface area contributed by atoms with E-state index < -0.39 is 12.3 Å². The standard InChI is InChI=1S/C11H17NO2/c1-3-12(11(14)9(2)13)10-7-5-4-6-8-10/h4-9,11,13-14H,3H2,1-2H3. The lowest BCUT2D eigenvalue weighted by Crippen LogP contribution is -2.42. The van der Waals surface area contributed by atoms with Gasteiger partial charge in [0.25, 0.3) is 0 Å². The first kappa shape index (κ1) is 11.0. The van der Waals surface area contributed by atoms with Crippen LogP contribution in [0.5, 0.6) is 0 Å². The third-order valence-electron chi connectivity index (χ3n) is 2.18. The minimum atomic E-state index is -0.845. The second-order valence-electron chi connectivity index (χ2n) is 3.28. The Kier molecular flexibility index (Phi) is 3.92. The number of benzene rings is 1. The molecule has 3 heteroatoms. The summed E-state index contributed by atoms with van der Waals surface area (Å²) in [6.07, 6.45) is -1.60. The van der Waals surface area contributed by atoms with Gasteiger partial charge in [0, 0.05) is 12.2 Å². The summed E-state index contributed by atoms with van der Waals surface area (Å²) in [5.74, 6) is 0. The summed E-state index contributed by atoms with van der Waals surface area (Å²) in [6.45, 7) is 4.19. The number of likely N-dealkylation sites (N-methyl/N-ethyl adjacent to an activating group) is 1. The molecular weight excluding hydrogens is 178 g/mol. The summed E-state index contributed by atoms with van der Waals surface area (Å²) in [4.78, 5) is 1.75. The number of para-hydroxylation sites is 1. The van der Waals surface area contributed by atoms with Gasteiger partial charge in [-0.1, -0.05) is 18.2 Å². The molecule has 0 aliphatic heterocycles. The van der Waals surface area contributed by atoms with E-state index in [1.165, 1.54) is 0 Å². The molecule has 14 heavy (non-hydrogen) atoms. The van der Waals surface area contributed by atoms with Crippen molar-refractivity contribution in [1.82, 2.24) is 0 Å². The molecule has 0 bridgehead atoms. The van der Waals surface area contributed by atoms with Gasteiger partial charge >= 0.3 is 0 Å². The number of nitrogens with zero attached hydrogens (tertiary/aromatic N) is 1. The Balaban J connectivity index is 2.82. The van der Waals surface area contributed by atoms with E-state index in [1.807, 2.05) is 37.3 Å². The Morgan fingerprint density at radius 2 is 1.79 bits per heavy atom. The van der Waals surface area contributed by atoms with Gasteiger partial charge in [-0.15, -0.1) is 0 Å². The second kappa shape index (κ2) is 4.98. The average molecular weight is 195 g/mol. The molecule has 0 aliphatic rings. The molecule has 3 nitrogen and oxygen atoms in total. The Bertz CT molecular complexity index is 261. The molecule has 0 radical (unpaired) electrons. The zero-order valence-corrected chi connectivity index (χ0v) is 8.59. The summed E-state index contributed by atoms with van der Waals surface area (Å²) in [5, 5.41) is 19.0. The lowest BCUT2D eigenvalue weighted by molar-refractivity contribution is 0.0299. The fourth-order valence-electron chi connectivity index (χ4n) is 1.40. The van der Waals surface area contributed by atoms with Crippen LogP contribution in [-0.4, -0.2) is 29.1 Å². The molecule has 78 valence electrons. The zero-order valence-electron chi connectivity index (χ0n) is 8.59. The Labute approximate surface area is 84.6 Å². The molecule has 0 amide bonds. The van der Waals surface area contributed by atoms with Gasteiger partial charge in [0.15, 0.2) is 6.23 Å². The molecule has 2 atom stereocenters. The van der Waals surface area contributed by atoms with Crippen LogP contribution in [0.25, 0.3) is 0 Å². The second-order valence-corrected chi connectivity index (χ2v) is 3.28. The molecule has 1 aromatic carbocycles. The number of anilines is 1. The monoisotopic (exact) mass is 195 g/mol. The van der Waals surface area contributed by atoms with Crippen LogP contribution in [0, 0.1) is 0 Å². The van der Waals surface area contributed by atoms with E-state index in [0.29, 0.717) is 6.54 Å². The van der Waals surface area contributed by atoms with Gasteiger partial charge in [-0.2, -0.15) is 0 Å². The van der Waals surface area contributed by atoms with Crippen molar-refractivity contribution in [3.05, 3.63) is 30.3 Å². The molecule has 0 aliphatic carbocycles. The van der Waals surface area contributed by atoms with E-state index in [4.69, 9.17) is 0 Å². The largest absolute Gasteiger partial charge is 0.389 e. The molecular formula is C11H17NO2. The molecule has 1 rings (SSSR count). The van der Waals surface area contributed by atoms with Crippen molar-refractivity contribution < 1.29 is 10.2 Å². The van der Waals surface area contributed by atoms with Crippen LogP contribution in [-0.2, 0) is 0 Å². The van der Waals surface area contributed by atoms with Crippen LogP contribution in [0.1, 0.15) is 13.8 Å². The maximum absolute atomic E-state index is 9.72. The molecule has 1 aromatic rings. The zero-order chi connectivity index (χ0) is 10.6. The first-order valence-corrected chi connectivity index (χ1v) is 4.84. The molecule has 0 saturated heterocycles. The van der Waals surface area contributed by atoms with E-state index in [1.54, 1.807) is 11.8 Å². The lowest BCUT2D eigenvalue weighted by atomic mass is 10.2. The SMILES string of the molecule is CCN(c1ccccc1)C(O)C(C)O. The maximum Gasteiger partial charge on any atom is 0.152 e. The molecule has 0 fully saturated rings. The number of aliphatic hydroxyl groups excluding tert-OH is 2. The molecule has 2 N–H and O–H groups in total. The van der Waals surface area contributed by atoms with Crippen molar-refractivity contribution in [3.63, 3.8) is 0 Å². The fourth-order valence-corrected chi connectivity index (χ4v) is 1.40. The summed E-state index contributed by atoms with van der Waals surface area (Å²) in [6, 6.07) is 9.57. The quantitative estimate of drug-likeness (QED) is 0.710. The number of aliphatic hydroxyl groups is 2. The first-order valence-electron chi connectivity index (χ1n) is 4.84. The number of hydrogen-bond acceptors (Lipinski definition) is 3. The van der Waals surface area contributed by atoms with E-state index >= 15 is 0 Å². The summed E-state index contributed by atoms with van der Waals surface area (Å²) in [5.41, 5.74) is 0.920. The van der Waals surface area contributed by atoms with Crippen molar-refractivity contribution in [1.29, 1.82) is 0 Å².